The fourth-order valence-corrected chi connectivity index (χ4v) is 1.60. The van der Waals surface area contributed by atoms with Gasteiger partial charge in [-0.1, -0.05) is 0 Å². The van der Waals surface area contributed by atoms with Gasteiger partial charge in [0.1, 0.15) is 0 Å². The Balaban J connectivity index is 2.13. The van der Waals surface area contributed by atoms with E-state index in [1.54, 1.807) is 12.4 Å². The van der Waals surface area contributed by atoms with Gasteiger partial charge in [-0.05, 0) is 27.7 Å². The minimum absolute atomic E-state index is 0.0544. The summed E-state index contributed by atoms with van der Waals surface area (Å²) in [5.74, 6) is 1.47. The Morgan fingerprint density at radius 2 is 2.06 bits per heavy atom. The molecule has 0 spiro atoms. The lowest BCUT2D eigenvalue weighted by molar-refractivity contribution is 0.383. The Morgan fingerprint density at radius 3 is 2.61 bits per heavy atom. The molecule has 0 radical (unpaired) electrons. The molecule has 5 heteroatoms. The molecule has 98 valence electrons. The van der Waals surface area contributed by atoms with Gasteiger partial charge in [-0.2, -0.15) is 5.10 Å². The van der Waals surface area contributed by atoms with E-state index in [0.717, 1.165) is 17.0 Å². The molecule has 2 rings (SSSR count). The Hall–Kier alpha value is -1.62. The SMILES string of the molecule is Cc1c(-c2cnc(CNC(C)(C)C)o2)cnn1C. The molecule has 1 N–H and O–H groups in total. The second kappa shape index (κ2) is 4.57. The van der Waals surface area contributed by atoms with Gasteiger partial charge < -0.3 is 9.73 Å². The van der Waals surface area contributed by atoms with E-state index >= 15 is 0 Å². The van der Waals surface area contributed by atoms with Crippen molar-refractivity contribution in [1.82, 2.24) is 20.1 Å². The monoisotopic (exact) mass is 248 g/mol. The Morgan fingerprint density at radius 1 is 1.33 bits per heavy atom. The highest BCUT2D eigenvalue weighted by molar-refractivity contribution is 5.58. The summed E-state index contributed by atoms with van der Waals surface area (Å²) in [6.45, 7) is 8.98. The summed E-state index contributed by atoms with van der Waals surface area (Å²) in [6, 6.07) is 0. The summed E-state index contributed by atoms with van der Waals surface area (Å²) < 4.78 is 7.56. The van der Waals surface area contributed by atoms with Crippen molar-refractivity contribution in [3.8, 4) is 11.3 Å². The minimum atomic E-state index is 0.0544. The summed E-state index contributed by atoms with van der Waals surface area (Å²) in [7, 11) is 1.91. The first-order valence-corrected chi connectivity index (χ1v) is 6.05. The molecule has 2 aromatic rings. The molecule has 0 aliphatic heterocycles. The van der Waals surface area contributed by atoms with Gasteiger partial charge in [0, 0.05) is 18.3 Å². The van der Waals surface area contributed by atoms with Gasteiger partial charge in [-0.3, -0.25) is 4.68 Å². The van der Waals surface area contributed by atoms with Crippen LogP contribution in [0.1, 0.15) is 32.4 Å². The van der Waals surface area contributed by atoms with E-state index in [1.165, 1.54) is 0 Å². The smallest absolute Gasteiger partial charge is 0.208 e. The first kappa shape index (κ1) is 12.8. The molecule has 2 aromatic heterocycles. The number of aromatic nitrogens is 3. The van der Waals surface area contributed by atoms with Crippen LogP contribution in [-0.4, -0.2) is 20.3 Å². The zero-order valence-corrected chi connectivity index (χ0v) is 11.6. The van der Waals surface area contributed by atoms with Gasteiger partial charge in [0.25, 0.3) is 0 Å². The van der Waals surface area contributed by atoms with Gasteiger partial charge in [-0.25, -0.2) is 4.98 Å². The van der Waals surface area contributed by atoms with Crippen LogP contribution >= 0.6 is 0 Å². The van der Waals surface area contributed by atoms with E-state index in [2.05, 4.69) is 36.2 Å². The van der Waals surface area contributed by atoms with Crippen molar-refractivity contribution in [3.05, 3.63) is 24.0 Å². The van der Waals surface area contributed by atoms with Crippen molar-refractivity contribution in [2.75, 3.05) is 0 Å². The van der Waals surface area contributed by atoms with Crippen LogP contribution in [0.3, 0.4) is 0 Å². The van der Waals surface area contributed by atoms with Crippen LogP contribution in [0, 0.1) is 6.92 Å². The molecule has 0 aliphatic carbocycles. The van der Waals surface area contributed by atoms with Gasteiger partial charge in [0.15, 0.2) is 5.76 Å². The van der Waals surface area contributed by atoms with E-state index in [9.17, 15) is 0 Å². The second-order valence-electron chi connectivity index (χ2n) is 5.49. The van der Waals surface area contributed by atoms with Crippen molar-refractivity contribution < 1.29 is 4.42 Å². The molecule has 0 fully saturated rings. The number of aryl methyl sites for hydroxylation is 1. The van der Waals surface area contributed by atoms with Crippen molar-refractivity contribution >= 4 is 0 Å². The summed E-state index contributed by atoms with van der Waals surface area (Å²) >= 11 is 0. The van der Waals surface area contributed by atoms with Crippen LogP contribution in [0.15, 0.2) is 16.8 Å². The lowest BCUT2D eigenvalue weighted by Crippen LogP contribution is -2.35. The van der Waals surface area contributed by atoms with Crippen molar-refractivity contribution in [2.45, 2.75) is 39.8 Å². The zero-order chi connectivity index (χ0) is 13.3. The topological polar surface area (TPSA) is 55.9 Å². The van der Waals surface area contributed by atoms with E-state index < -0.39 is 0 Å². The highest BCUT2D eigenvalue weighted by Crippen LogP contribution is 2.23. The maximum Gasteiger partial charge on any atom is 0.208 e. The molecule has 0 saturated carbocycles. The number of hydrogen-bond donors (Lipinski definition) is 1. The van der Waals surface area contributed by atoms with Crippen LogP contribution in [-0.2, 0) is 13.6 Å². The molecular weight excluding hydrogens is 228 g/mol. The number of oxazole rings is 1. The van der Waals surface area contributed by atoms with Crippen LogP contribution in [0.2, 0.25) is 0 Å². The fraction of sp³-hybridized carbons (Fsp3) is 0.538. The molecule has 0 unspecified atom stereocenters. The zero-order valence-electron chi connectivity index (χ0n) is 11.6. The average molecular weight is 248 g/mol. The number of nitrogens with one attached hydrogen (secondary N) is 1. The van der Waals surface area contributed by atoms with Crippen LogP contribution in [0.5, 0.6) is 0 Å². The third-order valence-electron chi connectivity index (χ3n) is 2.82. The van der Waals surface area contributed by atoms with E-state index in [1.807, 2.05) is 18.7 Å². The predicted molar refractivity (Wildman–Crippen MR) is 70.0 cm³/mol. The third kappa shape index (κ3) is 2.79. The first-order valence-electron chi connectivity index (χ1n) is 6.05. The lowest BCUT2D eigenvalue weighted by atomic mass is 10.1. The first-order chi connectivity index (χ1) is 8.37. The molecule has 0 atom stereocenters. The summed E-state index contributed by atoms with van der Waals surface area (Å²) in [6.07, 6.45) is 3.56. The van der Waals surface area contributed by atoms with Crippen LogP contribution < -0.4 is 5.32 Å². The Bertz CT molecular complexity index is 533. The summed E-state index contributed by atoms with van der Waals surface area (Å²) in [5, 5.41) is 7.55. The maximum atomic E-state index is 5.73. The van der Waals surface area contributed by atoms with Crippen LogP contribution in [0.4, 0.5) is 0 Å². The lowest BCUT2D eigenvalue weighted by Gasteiger charge is -2.18. The molecule has 2 heterocycles. The van der Waals surface area contributed by atoms with Crippen molar-refractivity contribution in [3.63, 3.8) is 0 Å². The average Bonchev–Trinajstić information content (AvgIpc) is 2.84. The fourth-order valence-electron chi connectivity index (χ4n) is 1.60. The van der Waals surface area contributed by atoms with Gasteiger partial charge in [0.2, 0.25) is 5.89 Å². The van der Waals surface area contributed by atoms with Gasteiger partial charge >= 0.3 is 0 Å². The molecular formula is C13H20N4O. The molecule has 0 aliphatic rings. The van der Waals surface area contributed by atoms with E-state index in [-0.39, 0.29) is 5.54 Å². The Labute approximate surface area is 107 Å². The largest absolute Gasteiger partial charge is 0.439 e. The molecule has 18 heavy (non-hydrogen) atoms. The minimum Gasteiger partial charge on any atom is -0.439 e. The predicted octanol–water partition coefficient (Wildman–Crippen LogP) is 2.27. The Kier molecular flexibility index (Phi) is 3.26. The molecule has 0 aromatic carbocycles. The quantitative estimate of drug-likeness (QED) is 0.905. The number of hydrogen-bond acceptors (Lipinski definition) is 4. The van der Waals surface area contributed by atoms with E-state index in [4.69, 9.17) is 4.42 Å². The molecule has 0 saturated heterocycles. The van der Waals surface area contributed by atoms with Crippen molar-refractivity contribution in [2.24, 2.45) is 7.05 Å². The molecule has 0 bridgehead atoms. The highest BCUT2D eigenvalue weighted by Gasteiger charge is 2.14. The number of nitrogens with zero attached hydrogens (tertiary/aromatic N) is 3. The molecule has 0 amide bonds. The van der Waals surface area contributed by atoms with E-state index in [0.29, 0.717) is 12.4 Å². The number of rotatable bonds is 3. The summed E-state index contributed by atoms with van der Waals surface area (Å²) in [4.78, 5) is 4.28. The molecule has 5 nitrogen and oxygen atoms in total. The van der Waals surface area contributed by atoms with Gasteiger partial charge in [-0.15, -0.1) is 0 Å². The van der Waals surface area contributed by atoms with Gasteiger partial charge in [0.05, 0.1) is 24.5 Å². The third-order valence-corrected chi connectivity index (χ3v) is 2.82. The second-order valence-corrected chi connectivity index (χ2v) is 5.49. The normalized spacial score (nSPS) is 12.1. The van der Waals surface area contributed by atoms with Crippen LogP contribution in [0.25, 0.3) is 11.3 Å². The maximum absolute atomic E-state index is 5.73. The highest BCUT2D eigenvalue weighted by atomic mass is 16.4. The van der Waals surface area contributed by atoms with Crippen molar-refractivity contribution in [1.29, 1.82) is 0 Å². The standard InChI is InChI=1S/C13H20N4O/c1-9-10(6-16-17(9)5)11-7-14-12(18-11)8-15-13(2,3)4/h6-7,15H,8H2,1-5H3. The summed E-state index contributed by atoms with van der Waals surface area (Å²) in [5.41, 5.74) is 2.12.